The van der Waals surface area contributed by atoms with Crippen LogP contribution in [0.1, 0.15) is 24.3 Å². The molecule has 0 bridgehead atoms. The molecule has 0 aliphatic carbocycles. The molecule has 1 unspecified atom stereocenters. The number of hydrogen-bond donors (Lipinski definition) is 1. The quantitative estimate of drug-likeness (QED) is 0.400. The van der Waals surface area contributed by atoms with Crippen molar-refractivity contribution in [2.75, 3.05) is 14.2 Å². The number of benzene rings is 1. The standard InChI is InChI=1S/C21H25N3O4S2/c1-5-14-11-15-19(30-14)23-21(29-12(2)18(22)25)24(20(15)26)9-8-13-6-7-16(27-3)17(10-13)28-4/h6-7,10-12H,5,8-9H2,1-4H3,(H2,22,25). The molecule has 0 saturated heterocycles. The molecule has 3 aromatic rings. The molecule has 9 heteroatoms. The molecule has 30 heavy (non-hydrogen) atoms. The normalized spacial score (nSPS) is 12.1. The zero-order chi connectivity index (χ0) is 21.8. The summed E-state index contributed by atoms with van der Waals surface area (Å²) >= 11 is 2.72. The Kier molecular flexibility index (Phi) is 7.04. The zero-order valence-corrected chi connectivity index (χ0v) is 19.1. The van der Waals surface area contributed by atoms with Gasteiger partial charge in [-0.1, -0.05) is 24.8 Å². The predicted molar refractivity (Wildman–Crippen MR) is 121 cm³/mol. The number of aromatic nitrogens is 2. The van der Waals surface area contributed by atoms with E-state index >= 15 is 0 Å². The van der Waals surface area contributed by atoms with E-state index in [0.29, 0.717) is 39.8 Å². The van der Waals surface area contributed by atoms with Crippen molar-refractivity contribution in [3.63, 3.8) is 0 Å². The van der Waals surface area contributed by atoms with Crippen LogP contribution in [0.25, 0.3) is 10.2 Å². The third-order valence-electron chi connectivity index (χ3n) is 4.77. The van der Waals surface area contributed by atoms with Crippen LogP contribution in [0.5, 0.6) is 11.5 Å². The second kappa shape index (κ2) is 9.53. The second-order valence-electron chi connectivity index (χ2n) is 6.74. The highest BCUT2D eigenvalue weighted by Crippen LogP contribution is 2.29. The Balaban J connectivity index is 1.99. The number of thioether (sulfide) groups is 1. The van der Waals surface area contributed by atoms with Gasteiger partial charge in [-0.2, -0.15) is 0 Å². The Labute approximate surface area is 183 Å². The Bertz CT molecular complexity index is 1120. The Morgan fingerprint density at radius 3 is 2.63 bits per heavy atom. The summed E-state index contributed by atoms with van der Waals surface area (Å²) < 4.78 is 12.3. The third kappa shape index (κ3) is 4.62. The number of nitrogens with two attached hydrogens (primary N) is 1. The summed E-state index contributed by atoms with van der Waals surface area (Å²) in [5.74, 6) is 0.845. The van der Waals surface area contributed by atoms with Gasteiger partial charge in [-0.25, -0.2) is 4.98 Å². The maximum Gasteiger partial charge on any atom is 0.262 e. The summed E-state index contributed by atoms with van der Waals surface area (Å²) in [6, 6.07) is 7.59. The van der Waals surface area contributed by atoms with Crippen LogP contribution in [0.2, 0.25) is 0 Å². The van der Waals surface area contributed by atoms with E-state index in [1.54, 1.807) is 25.7 Å². The van der Waals surface area contributed by atoms with Gasteiger partial charge in [0.1, 0.15) is 4.83 Å². The molecule has 0 aliphatic rings. The molecule has 0 spiro atoms. The van der Waals surface area contributed by atoms with Crippen molar-refractivity contribution in [3.8, 4) is 11.5 Å². The second-order valence-corrected chi connectivity index (χ2v) is 9.16. The van der Waals surface area contributed by atoms with Gasteiger partial charge in [0, 0.05) is 11.4 Å². The summed E-state index contributed by atoms with van der Waals surface area (Å²) in [5, 5.41) is 0.622. The zero-order valence-electron chi connectivity index (χ0n) is 17.4. The maximum absolute atomic E-state index is 13.2. The van der Waals surface area contributed by atoms with E-state index in [1.807, 2.05) is 31.2 Å². The molecule has 1 amide bonds. The van der Waals surface area contributed by atoms with E-state index in [9.17, 15) is 9.59 Å². The van der Waals surface area contributed by atoms with Crippen molar-refractivity contribution in [1.82, 2.24) is 9.55 Å². The number of amides is 1. The first-order valence-corrected chi connectivity index (χ1v) is 11.3. The molecule has 3 rings (SSSR count). The molecular formula is C21H25N3O4S2. The van der Waals surface area contributed by atoms with Crippen LogP contribution in [-0.4, -0.2) is 34.9 Å². The van der Waals surface area contributed by atoms with E-state index in [2.05, 4.69) is 0 Å². The fourth-order valence-corrected chi connectivity index (χ4v) is 4.90. The predicted octanol–water partition coefficient (Wildman–Crippen LogP) is 3.25. The molecule has 2 aromatic heterocycles. The maximum atomic E-state index is 13.2. The summed E-state index contributed by atoms with van der Waals surface area (Å²) in [4.78, 5) is 31.3. The first-order valence-electron chi connectivity index (χ1n) is 9.58. The Morgan fingerprint density at radius 2 is 2.00 bits per heavy atom. The molecule has 2 N–H and O–H groups in total. The third-order valence-corrected chi connectivity index (χ3v) is 7.05. The number of methoxy groups -OCH3 is 2. The number of ether oxygens (including phenoxy) is 2. The van der Waals surface area contributed by atoms with Crippen molar-refractivity contribution in [1.29, 1.82) is 0 Å². The van der Waals surface area contributed by atoms with E-state index in [-0.39, 0.29) is 5.56 Å². The number of rotatable bonds is 9. The molecule has 1 atom stereocenters. The van der Waals surface area contributed by atoms with Gasteiger partial charge < -0.3 is 15.2 Å². The van der Waals surface area contributed by atoms with Crippen LogP contribution in [0.3, 0.4) is 0 Å². The number of primary amides is 1. The Morgan fingerprint density at radius 1 is 1.27 bits per heavy atom. The number of carbonyl (C=O) groups excluding carboxylic acids is 1. The summed E-state index contributed by atoms with van der Waals surface area (Å²) in [5.41, 5.74) is 6.33. The van der Waals surface area contributed by atoms with E-state index in [4.69, 9.17) is 20.2 Å². The van der Waals surface area contributed by atoms with E-state index in [0.717, 1.165) is 16.9 Å². The first kappa shape index (κ1) is 22.2. The van der Waals surface area contributed by atoms with Gasteiger partial charge in [-0.15, -0.1) is 11.3 Å². The van der Waals surface area contributed by atoms with Crippen LogP contribution < -0.4 is 20.8 Å². The number of fused-ring (bicyclic) bond motifs is 1. The SMILES string of the molecule is CCc1cc2c(=O)n(CCc3ccc(OC)c(OC)c3)c(SC(C)C(N)=O)nc2s1. The number of thiophene rings is 1. The number of hydrogen-bond acceptors (Lipinski definition) is 7. The van der Waals surface area contributed by atoms with Gasteiger partial charge in [0.25, 0.3) is 5.56 Å². The van der Waals surface area contributed by atoms with Crippen molar-refractivity contribution >= 4 is 39.2 Å². The molecule has 0 fully saturated rings. The fraction of sp³-hybridized carbons (Fsp3) is 0.381. The minimum atomic E-state index is -0.493. The fourth-order valence-electron chi connectivity index (χ4n) is 3.00. The van der Waals surface area contributed by atoms with Crippen molar-refractivity contribution < 1.29 is 14.3 Å². The van der Waals surface area contributed by atoms with Crippen LogP contribution in [0.15, 0.2) is 34.2 Å². The lowest BCUT2D eigenvalue weighted by atomic mass is 10.1. The lowest BCUT2D eigenvalue weighted by molar-refractivity contribution is -0.117. The molecule has 7 nitrogen and oxygen atoms in total. The average molecular weight is 448 g/mol. The highest BCUT2D eigenvalue weighted by Gasteiger charge is 2.19. The molecule has 2 heterocycles. The number of carbonyl (C=O) groups is 1. The highest BCUT2D eigenvalue weighted by atomic mass is 32.2. The molecular weight excluding hydrogens is 422 g/mol. The summed E-state index contributed by atoms with van der Waals surface area (Å²) in [7, 11) is 3.18. The number of nitrogens with zero attached hydrogens (tertiary/aromatic N) is 2. The van der Waals surface area contributed by atoms with Crippen molar-refractivity contribution in [2.45, 2.75) is 43.6 Å². The van der Waals surface area contributed by atoms with Crippen LogP contribution >= 0.6 is 23.1 Å². The number of aryl methyl sites for hydroxylation is 2. The van der Waals surface area contributed by atoms with Gasteiger partial charge in [0.2, 0.25) is 5.91 Å². The van der Waals surface area contributed by atoms with E-state index in [1.165, 1.54) is 23.1 Å². The minimum absolute atomic E-state index is 0.101. The lowest BCUT2D eigenvalue weighted by Gasteiger charge is -2.14. The molecule has 0 saturated carbocycles. The van der Waals surface area contributed by atoms with Gasteiger partial charge in [-0.05, 0) is 43.5 Å². The molecule has 1 aromatic carbocycles. The summed E-state index contributed by atoms with van der Waals surface area (Å²) in [6.45, 7) is 4.18. The van der Waals surface area contributed by atoms with Crippen LogP contribution in [-0.2, 0) is 24.2 Å². The summed E-state index contributed by atoms with van der Waals surface area (Å²) in [6.07, 6.45) is 1.43. The van der Waals surface area contributed by atoms with Crippen molar-refractivity contribution in [2.24, 2.45) is 5.73 Å². The monoisotopic (exact) mass is 447 g/mol. The van der Waals surface area contributed by atoms with Gasteiger partial charge in [0.15, 0.2) is 16.7 Å². The van der Waals surface area contributed by atoms with Gasteiger partial charge in [0.05, 0.1) is 24.9 Å². The molecule has 0 aliphatic heterocycles. The largest absolute Gasteiger partial charge is 0.493 e. The molecule has 160 valence electrons. The highest BCUT2D eigenvalue weighted by molar-refractivity contribution is 8.00. The average Bonchev–Trinajstić information content (AvgIpc) is 3.16. The van der Waals surface area contributed by atoms with E-state index < -0.39 is 11.2 Å². The smallest absolute Gasteiger partial charge is 0.262 e. The Hall–Kier alpha value is -2.52. The topological polar surface area (TPSA) is 96.4 Å². The molecule has 0 radical (unpaired) electrons. The van der Waals surface area contributed by atoms with Crippen LogP contribution in [0, 0.1) is 0 Å². The first-order chi connectivity index (χ1) is 14.4. The van der Waals surface area contributed by atoms with Crippen LogP contribution in [0.4, 0.5) is 0 Å². The van der Waals surface area contributed by atoms with Gasteiger partial charge >= 0.3 is 0 Å². The van der Waals surface area contributed by atoms with Crippen molar-refractivity contribution in [3.05, 3.63) is 45.1 Å². The van der Waals surface area contributed by atoms with Gasteiger partial charge in [-0.3, -0.25) is 14.2 Å². The lowest BCUT2D eigenvalue weighted by Crippen LogP contribution is -2.27. The minimum Gasteiger partial charge on any atom is -0.493 e.